The van der Waals surface area contributed by atoms with Crippen molar-refractivity contribution in [1.29, 1.82) is 0 Å². The van der Waals surface area contributed by atoms with E-state index in [0.29, 0.717) is 6.42 Å². The molecule has 2 fully saturated rings. The maximum atomic E-state index is 13.4. The van der Waals surface area contributed by atoms with Gasteiger partial charge in [-0.3, -0.25) is 0 Å². The average Bonchev–Trinajstić information content (AvgIpc) is 2.94. The van der Waals surface area contributed by atoms with E-state index in [-0.39, 0.29) is 27.6 Å². The van der Waals surface area contributed by atoms with Gasteiger partial charge in [0.05, 0.1) is 27.6 Å². The van der Waals surface area contributed by atoms with E-state index in [2.05, 4.69) is 20.7 Å². The summed E-state index contributed by atoms with van der Waals surface area (Å²) in [4.78, 5) is -0.0593. The molecule has 0 spiro atoms. The lowest BCUT2D eigenvalue weighted by Gasteiger charge is -2.20. The Balaban J connectivity index is 1.80. The lowest BCUT2D eigenvalue weighted by molar-refractivity contribution is 0.0996. The van der Waals surface area contributed by atoms with Gasteiger partial charge in [0.2, 0.25) is 10.0 Å². The molecule has 1 aromatic rings. The second-order valence-electron chi connectivity index (χ2n) is 4.91. The standard InChI is InChI=1S/C12H13BrFNO3S/c13-9-3-2-8(6-10(9)14)19(16,17)15-11-5-7-1-4-12(11)18-7/h2-3,6-7,11-12,15H,1,4-5H2. The Bertz CT molecular complexity index is 607. The third-order valence-electron chi connectivity index (χ3n) is 3.61. The van der Waals surface area contributed by atoms with Crippen LogP contribution in [0.3, 0.4) is 0 Å². The van der Waals surface area contributed by atoms with E-state index < -0.39 is 15.8 Å². The highest BCUT2D eigenvalue weighted by atomic mass is 79.9. The number of rotatable bonds is 3. The molecule has 2 saturated heterocycles. The first-order valence-electron chi connectivity index (χ1n) is 6.08. The molecule has 1 N–H and O–H groups in total. The maximum absolute atomic E-state index is 13.4. The molecule has 0 amide bonds. The van der Waals surface area contributed by atoms with Crippen LogP contribution in [0.2, 0.25) is 0 Å². The fourth-order valence-electron chi connectivity index (χ4n) is 2.67. The largest absolute Gasteiger partial charge is 0.373 e. The molecule has 3 rings (SSSR count). The van der Waals surface area contributed by atoms with Gasteiger partial charge in [0.1, 0.15) is 5.82 Å². The first kappa shape index (κ1) is 13.5. The summed E-state index contributed by atoms with van der Waals surface area (Å²) in [7, 11) is -3.70. The zero-order chi connectivity index (χ0) is 13.6. The molecule has 19 heavy (non-hydrogen) atoms. The van der Waals surface area contributed by atoms with Gasteiger partial charge in [0, 0.05) is 0 Å². The van der Waals surface area contributed by atoms with Crippen molar-refractivity contribution in [2.75, 3.05) is 0 Å². The second-order valence-corrected chi connectivity index (χ2v) is 7.48. The molecule has 3 atom stereocenters. The second kappa shape index (κ2) is 4.80. The lowest BCUT2D eigenvalue weighted by Crippen LogP contribution is -2.41. The van der Waals surface area contributed by atoms with Crippen LogP contribution in [0.1, 0.15) is 19.3 Å². The van der Waals surface area contributed by atoms with Gasteiger partial charge in [-0.05, 0) is 53.4 Å². The molecule has 2 bridgehead atoms. The number of hydrogen-bond donors (Lipinski definition) is 1. The molecule has 0 saturated carbocycles. The topological polar surface area (TPSA) is 55.4 Å². The summed E-state index contributed by atoms with van der Waals surface area (Å²) in [5.74, 6) is -0.591. The van der Waals surface area contributed by atoms with Gasteiger partial charge in [-0.15, -0.1) is 0 Å². The zero-order valence-corrected chi connectivity index (χ0v) is 12.4. The fourth-order valence-corrected chi connectivity index (χ4v) is 4.21. The summed E-state index contributed by atoms with van der Waals surface area (Å²) in [5.41, 5.74) is 0. The Labute approximate surface area is 119 Å². The Morgan fingerprint density at radius 3 is 2.74 bits per heavy atom. The summed E-state index contributed by atoms with van der Waals surface area (Å²) in [5, 5.41) is 0. The molecule has 2 aliphatic heterocycles. The Morgan fingerprint density at radius 2 is 2.16 bits per heavy atom. The first-order chi connectivity index (χ1) is 8.95. The number of nitrogens with one attached hydrogen (secondary N) is 1. The van der Waals surface area contributed by atoms with Crippen molar-refractivity contribution < 1.29 is 17.5 Å². The quantitative estimate of drug-likeness (QED) is 0.909. The highest BCUT2D eigenvalue weighted by Crippen LogP contribution is 2.35. The van der Waals surface area contributed by atoms with Gasteiger partial charge < -0.3 is 4.74 Å². The number of fused-ring (bicyclic) bond motifs is 2. The van der Waals surface area contributed by atoms with E-state index in [4.69, 9.17) is 4.74 Å². The molecule has 104 valence electrons. The van der Waals surface area contributed by atoms with Crippen LogP contribution in [0.25, 0.3) is 0 Å². The van der Waals surface area contributed by atoms with Crippen LogP contribution in [-0.2, 0) is 14.8 Å². The predicted octanol–water partition coefficient (Wildman–Crippen LogP) is 2.19. The van der Waals surface area contributed by atoms with Crippen LogP contribution in [0, 0.1) is 5.82 Å². The van der Waals surface area contributed by atoms with Crippen LogP contribution in [0.4, 0.5) is 4.39 Å². The van der Waals surface area contributed by atoms with Gasteiger partial charge in [-0.1, -0.05) is 0 Å². The molecule has 1 aromatic carbocycles. The van der Waals surface area contributed by atoms with Crippen LogP contribution in [0.5, 0.6) is 0 Å². The summed E-state index contributed by atoms with van der Waals surface area (Å²) in [6, 6.07) is 3.58. The summed E-state index contributed by atoms with van der Waals surface area (Å²) in [6.07, 6.45) is 2.70. The lowest BCUT2D eigenvalue weighted by atomic mass is 9.96. The number of sulfonamides is 1. The monoisotopic (exact) mass is 349 g/mol. The smallest absolute Gasteiger partial charge is 0.241 e. The van der Waals surface area contributed by atoms with Crippen molar-refractivity contribution in [2.45, 2.75) is 42.4 Å². The minimum atomic E-state index is -3.70. The maximum Gasteiger partial charge on any atom is 0.241 e. The predicted molar refractivity (Wildman–Crippen MR) is 70.7 cm³/mol. The van der Waals surface area contributed by atoms with Crippen LogP contribution in [0.15, 0.2) is 27.6 Å². The highest BCUT2D eigenvalue weighted by Gasteiger charge is 2.42. The molecular formula is C12H13BrFNO3S. The average molecular weight is 350 g/mol. The Hall–Kier alpha value is -0.500. The molecule has 4 nitrogen and oxygen atoms in total. The molecule has 3 unspecified atom stereocenters. The number of halogens is 2. The van der Waals surface area contributed by atoms with E-state index >= 15 is 0 Å². The number of benzene rings is 1. The highest BCUT2D eigenvalue weighted by molar-refractivity contribution is 9.10. The van der Waals surface area contributed by atoms with Gasteiger partial charge in [0.25, 0.3) is 0 Å². The summed E-state index contributed by atoms with van der Waals surface area (Å²) < 4.78 is 46.2. The normalized spacial score (nSPS) is 29.9. The molecule has 0 aliphatic carbocycles. The molecule has 2 aliphatic rings. The van der Waals surface area contributed by atoms with E-state index in [0.717, 1.165) is 18.9 Å². The van der Waals surface area contributed by atoms with Crippen LogP contribution >= 0.6 is 15.9 Å². The molecule has 7 heteroatoms. The van der Waals surface area contributed by atoms with E-state index in [1.807, 2.05) is 0 Å². The van der Waals surface area contributed by atoms with Crippen molar-refractivity contribution in [3.8, 4) is 0 Å². The van der Waals surface area contributed by atoms with E-state index in [1.54, 1.807) is 0 Å². The van der Waals surface area contributed by atoms with Crippen molar-refractivity contribution in [3.63, 3.8) is 0 Å². The van der Waals surface area contributed by atoms with Gasteiger partial charge in [-0.2, -0.15) is 0 Å². The van der Waals surface area contributed by atoms with E-state index in [9.17, 15) is 12.8 Å². The Kier molecular flexibility index (Phi) is 3.41. The first-order valence-corrected chi connectivity index (χ1v) is 8.36. The fraction of sp³-hybridized carbons (Fsp3) is 0.500. The molecule has 0 radical (unpaired) electrons. The number of hydrogen-bond acceptors (Lipinski definition) is 3. The molecular weight excluding hydrogens is 337 g/mol. The van der Waals surface area contributed by atoms with Crippen molar-refractivity contribution in [2.24, 2.45) is 0 Å². The van der Waals surface area contributed by atoms with Crippen molar-refractivity contribution in [1.82, 2.24) is 4.72 Å². The van der Waals surface area contributed by atoms with Gasteiger partial charge >= 0.3 is 0 Å². The van der Waals surface area contributed by atoms with Gasteiger partial charge in [0.15, 0.2) is 0 Å². The zero-order valence-electron chi connectivity index (χ0n) is 9.97. The molecule has 0 aromatic heterocycles. The summed E-state index contributed by atoms with van der Waals surface area (Å²) in [6.45, 7) is 0. The minimum Gasteiger partial charge on any atom is -0.373 e. The number of ether oxygens (including phenoxy) is 1. The Morgan fingerprint density at radius 1 is 1.37 bits per heavy atom. The third kappa shape index (κ3) is 2.56. The molecule has 2 heterocycles. The van der Waals surface area contributed by atoms with E-state index in [1.165, 1.54) is 12.1 Å². The van der Waals surface area contributed by atoms with Crippen LogP contribution < -0.4 is 4.72 Å². The third-order valence-corrected chi connectivity index (χ3v) is 5.74. The SMILES string of the molecule is O=S(=O)(NC1CC2CCC1O2)c1ccc(Br)c(F)c1. The van der Waals surface area contributed by atoms with Crippen LogP contribution in [-0.4, -0.2) is 26.7 Å². The van der Waals surface area contributed by atoms with Crippen molar-refractivity contribution >= 4 is 26.0 Å². The van der Waals surface area contributed by atoms with Gasteiger partial charge in [-0.25, -0.2) is 17.5 Å². The summed E-state index contributed by atoms with van der Waals surface area (Å²) >= 11 is 3.00. The minimum absolute atomic E-state index is 0.0416. The van der Waals surface area contributed by atoms with Crippen molar-refractivity contribution in [3.05, 3.63) is 28.5 Å².